The SMILES string of the molecule is O=c1c(Cl)c(Cl)cnn1S(=O)(=O)c1cccc([N+](=O)[O-])c1. The number of nitro groups is 1. The van der Waals surface area contributed by atoms with Crippen molar-refractivity contribution in [3.8, 4) is 0 Å². The van der Waals surface area contributed by atoms with Crippen LogP contribution in [0, 0.1) is 10.1 Å². The van der Waals surface area contributed by atoms with Gasteiger partial charge in [0, 0.05) is 12.1 Å². The summed E-state index contributed by atoms with van der Waals surface area (Å²) in [4.78, 5) is 21.2. The van der Waals surface area contributed by atoms with Crippen LogP contribution in [0.25, 0.3) is 0 Å². The number of aromatic nitrogens is 2. The van der Waals surface area contributed by atoms with E-state index in [0.717, 1.165) is 24.4 Å². The van der Waals surface area contributed by atoms with Gasteiger partial charge in [-0.2, -0.15) is 13.5 Å². The Morgan fingerprint density at radius 3 is 2.57 bits per heavy atom. The molecule has 0 radical (unpaired) electrons. The molecule has 0 aliphatic heterocycles. The van der Waals surface area contributed by atoms with Crippen molar-refractivity contribution in [2.75, 3.05) is 0 Å². The predicted molar refractivity (Wildman–Crippen MR) is 74.2 cm³/mol. The van der Waals surface area contributed by atoms with Gasteiger partial charge in [-0.05, 0) is 6.07 Å². The van der Waals surface area contributed by atoms with Gasteiger partial charge in [-0.3, -0.25) is 14.9 Å². The highest BCUT2D eigenvalue weighted by Gasteiger charge is 2.24. The molecule has 0 amide bonds. The third-order valence-electron chi connectivity index (χ3n) is 2.40. The van der Waals surface area contributed by atoms with Crippen molar-refractivity contribution in [2.24, 2.45) is 0 Å². The summed E-state index contributed by atoms with van der Waals surface area (Å²) in [7, 11) is -4.42. The van der Waals surface area contributed by atoms with E-state index in [4.69, 9.17) is 23.2 Å². The Balaban J connectivity index is 2.69. The van der Waals surface area contributed by atoms with Crippen LogP contribution in [0.3, 0.4) is 0 Å². The number of nitrogens with zero attached hydrogens (tertiary/aromatic N) is 3. The molecule has 0 aliphatic rings. The fraction of sp³-hybridized carbons (Fsp3) is 0. The molecule has 110 valence electrons. The summed E-state index contributed by atoms with van der Waals surface area (Å²) in [5, 5.41) is 13.3. The lowest BCUT2D eigenvalue weighted by atomic mass is 10.3. The smallest absolute Gasteiger partial charge is 0.265 e. The van der Waals surface area contributed by atoms with E-state index >= 15 is 0 Å². The number of benzene rings is 1. The maximum Gasteiger partial charge on any atom is 0.301 e. The molecule has 2 aromatic rings. The van der Waals surface area contributed by atoms with Crippen LogP contribution < -0.4 is 5.56 Å². The second kappa shape index (κ2) is 5.43. The van der Waals surface area contributed by atoms with Crippen molar-refractivity contribution in [1.82, 2.24) is 9.19 Å². The first-order chi connectivity index (χ1) is 9.75. The van der Waals surface area contributed by atoms with Crippen molar-refractivity contribution in [1.29, 1.82) is 0 Å². The van der Waals surface area contributed by atoms with Gasteiger partial charge in [0.05, 0.1) is 21.0 Å². The van der Waals surface area contributed by atoms with Crippen molar-refractivity contribution < 1.29 is 13.3 Å². The Bertz CT molecular complexity index is 894. The molecular weight excluding hydrogens is 345 g/mol. The van der Waals surface area contributed by atoms with Gasteiger partial charge in [-0.15, -0.1) is 4.09 Å². The molecule has 1 heterocycles. The van der Waals surface area contributed by atoms with Crippen LogP contribution in [-0.2, 0) is 10.0 Å². The quantitative estimate of drug-likeness (QED) is 0.615. The van der Waals surface area contributed by atoms with Crippen molar-refractivity contribution >= 4 is 38.9 Å². The normalized spacial score (nSPS) is 11.3. The van der Waals surface area contributed by atoms with Gasteiger partial charge in [0.25, 0.3) is 15.7 Å². The molecule has 2 rings (SSSR count). The molecule has 21 heavy (non-hydrogen) atoms. The number of hydrogen-bond donors (Lipinski definition) is 0. The minimum absolute atomic E-state index is 0.125. The standard InChI is InChI=1S/C10H5Cl2N3O5S/c11-8-5-13-14(10(16)9(8)12)21(19,20)7-3-1-2-6(4-7)15(17)18/h1-5H. The summed E-state index contributed by atoms with van der Waals surface area (Å²) in [6, 6.07) is 4.20. The molecule has 0 aliphatic carbocycles. The third-order valence-corrected chi connectivity index (χ3v) is 4.71. The zero-order valence-electron chi connectivity index (χ0n) is 9.93. The lowest BCUT2D eigenvalue weighted by molar-refractivity contribution is -0.385. The average Bonchev–Trinajstić information content (AvgIpc) is 2.44. The van der Waals surface area contributed by atoms with Crippen LogP contribution in [0.4, 0.5) is 5.69 Å². The number of halogens is 2. The minimum Gasteiger partial charge on any atom is -0.265 e. The molecule has 0 spiro atoms. The van der Waals surface area contributed by atoms with Crippen molar-refractivity contribution in [3.05, 3.63) is 61.0 Å². The Hall–Kier alpha value is -1.97. The summed E-state index contributed by atoms with van der Waals surface area (Å²) in [5.74, 6) is 0. The molecule has 11 heteroatoms. The molecule has 0 saturated carbocycles. The predicted octanol–water partition coefficient (Wildman–Crippen LogP) is 1.70. The van der Waals surface area contributed by atoms with Crippen LogP contribution in [0.1, 0.15) is 0 Å². The fourth-order valence-electron chi connectivity index (χ4n) is 1.43. The molecule has 0 bridgehead atoms. The summed E-state index contributed by atoms with van der Waals surface area (Å²) in [5.41, 5.74) is -1.58. The highest BCUT2D eigenvalue weighted by Crippen LogP contribution is 2.20. The van der Waals surface area contributed by atoms with Gasteiger partial charge in [0.15, 0.2) is 0 Å². The first kappa shape index (κ1) is 15.4. The molecular formula is C10H5Cl2N3O5S. The maximum atomic E-state index is 12.3. The van der Waals surface area contributed by atoms with E-state index in [2.05, 4.69) is 5.10 Å². The summed E-state index contributed by atoms with van der Waals surface area (Å²) in [6.45, 7) is 0. The van der Waals surface area contributed by atoms with Gasteiger partial charge < -0.3 is 0 Å². The molecule has 0 fully saturated rings. The lowest BCUT2D eigenvalue weighted by Crippen LogP contribution is -2.30. The first-order valence-electron chi connectivity index (χ1n) is 5.18. The molecule has 1 aromatic carbocycles. The number of rotatable bonds is 3. The van der Waals surface area contributed by atoms with Crippen molar-refractivity contribution in [3.63, 3.8) is 0 Å². The topological polar surface area (TPSA) is 112 Å². The number of nitro benzene ring substituents is 1. The van der Waals surface area contributed by atoms with E-state index in [1.165, 1.54) is 6.07 Å². The molecule has 1 aromatic heterocycles. The molecule has 8 nitrogen and oxygen atoms in total. The first-order valence-corrected chi connectivity index (χ1v) is 7.38. The molecule has 0 unspecified atom stereocenters. The Morgan fingerprint density at radius 2 is 1.95 bits per heavy atom. The third kappa shape index (κ3) is 2.75. The van der Waals surface area contributed by atoms with Crippen LogP contribution >= 0.6 is 23.2 Å². The second-order valence-corrected chi connectivity index (χ2v) is 6.27. The largest absolute Gasteiger partial charge is 0.301 e. The van der Waals surface area contributed by atoms with Crippen molar-refractivity contribution in [2.45, 2.75) is 4.90 Å². The Labute approximate surface area is 127 Å². The fourth-order valence-corrected chi connectivity index (χ4v) is 2.93. The highest BCUT2D eigenvalue weighted by molar-refractivity contribution is 7.89. The van der Waals surface area contributed by atoms with Gasteiger partial charge in [0.1, 0.15) is 5.02 Å². The second-order valence-electron chi connectivity index (χ2n) is 3.71. The van der Waals surface area contributed by atoms with E-state index in [9.17, 15) is 23.3 Å². The highest BCUT2D eigenvalue weighted by atomic mass is 35.5. The average molecular weight is 350 g/mol. The van der Waals surface area contributed by atoms with Gasteiger partial charge in [0.2, 0.25) is 0 Å². The van der Waals surface area contributed by atoms with E-state index in [1.807, 2.05) is 0 Å². The monoisotopic (exact) mass is 349 g/mol. The van der Waals surface area contributed by atoms with E-state index < -0.39 is 36.1 Å². The lowest BCUT2D eigenvalue weighted by Gasteiger charge is -2.06. The minimum atomic E-state index is -4.42. The zero-order chi connectivity index (χ0) is 15.8. The van der Waals surface area contributed by atoms with Crippen LogP contribution in [-0.4, -0.2) is 22.5 Å². The van der Waals surface area contributed by atoms with Crippen LogP contribution in [0.2, 0.25) is 10.0 Å². The van der Waals surface area contributed by atoms with Crippen LogP contribution in [0.15, 0.2) is 40.2 Å². The van der Waals surface area contributed by atoms with E-state index in [1.54, 1.807) is 0 Å². The molecule has 0 atom stereocenters. The number of hydrogen-bond acceptors (Lipinski definition) is 6. The maximum absolute atomic E-state index is 12.3. The van der Waals surface area contributed by atoms with Gasteiger partial charge in [-0.25, -0.2) is 0 Å². The van der Waals surface area contributed by atoms with E-state index in [-0.39, 0.29) is 9.11 Å². The number of non-ortho nitro benzene ring substituents is 1. The molecule has 0 saturated heterocycles. The zero-order valence-corrected chi connectivity index (χ0v) is 12.3. The Kier molecular flexibility index (Phi) is 3.99. The summed E-state index contributed by atoms with van der Waals surface area (Å²) in [6.07, 6.45) is 0.889. The van der Waals surface area contributed by atoms with Gasteiger partial charge >= 0.3 is 5.56 Å². The summed E-state index contributed by atoms with van der Waals surface area (Å²) < 4.78 is 24.7. The van der Waals surface area contributed by atoms with E-state index in [0.29, 0.717) is 0 Å². The van der Waals surface area contributed by atoms with Gasteiger partial charge in [-0.1, -0.05) is 29.3 Å². The molecule has 0 N–H and O–H groups in total. The Morgan fingerprint density at radius 1 is 1.29 bits per heavy atom. The summed E-state index contributed by atoms with van der Waals surface area (Å²) >= 11 is 11.1. The van der Waals surface area contributed by atoms with Crippen LogP contribution in [0.5, 0.6) is 0 Å².